The van der Waals surface area contributed by atoms with E-state index in [0.717, 1.165) is 50.7 Å². The molecule has 1 N–H and O–H groups in total. The van der Waals surface area contributed by atoms with Gasteiger partial charge in [0.15, 0.2) is 0 Å². The quantitative estimate of drug-likeness (QED) is 0.787. The molecule has 4 bridgehead atoms. The van der Waals surface area contributed by atoms with E-state index in [-0.39, 0.29) is 5.92 Å². The molecule has 4 aliphatic carbocycles. The van der Waals surface area contributed by atoms with E-state index in [4.69, 9.17) is 0 Å². The smallest absolute Gasteiger partial charge is 0.223 e. The van der Waals surface area contributed by atoms with Crippen molar-refractivity contribution >= 4 is 11.8 Å². The van der Waals surface area contributed by atoms with E-state index >= 15 is 0 Å². The van der Waals surface area contributed by atoms with Gasteiger partial charge in [-0.25, -0.2) is 0 Å². The number of carbonyl (C=O) groups excluding carboxylic acids is 2. The van der Waals surface area contributed by atoms with Gasteiger partial charge in [-0.15, -0.1) is 0 Å². The maximum absolute atomic E-state index is 12.7. The highest BCUT2D eigenvalue weighted by atomic mass is 16.2. The molecule has 0 spiro atoms. The first-order chi connectivity index (χ1) is 11.7. The summed E-state index contributed by atoms with van der Waals surface area (Å²) in [6.45, 7) is 2.44. The van der Waals surface area contributed by atoms with E-state index in [1.807, 2.05) is 4.90 Å². The molecule has 0 unspecified atom stereocenters. The third-order valence-corrected chi connectivity index (χ3v) is 7.10. The van der Waals surface area contributed by atoms with Crippen molar-refractivity contribution in [2.24, 2.45) is 29.6 Å². The highest BCUT2D eigenvalue weighted by Gasteiger charge is 2.50. The normalized spacial score (nSPS) is 38.2. The fourth-order valence-corrected chi connectivity index (χ4v) is 6.23. The summed E-state index contributed by atoms with van der Waals surface area (Å²) in [5.74, 6) is 4.07. The third-order valence-electron chi connectivity index (χ3n) is 7.10. The van der Waals surface area contributed by atoms with Gasteiger partial charge < -0.3 is 10.2 Å². The molecule has 134 valence electrons. The van der Waals surface area contributed by atoms with Gasteiger partial charge in [0, 0.05) is 32.0 Å². The number of hydrogen-bond donors (Lipinski definition) is 1. The Bertz CT molecular complexity index is 462. The minimum absolute atomic E-state index is 0.289. The molecule has 1 heterocycles. The predicted octanol–water partition coefficient (Wildman–Crippen LogP) is 2.97. The van der Waals surface area contributed by atoms with Crippen molar-refractivity contribution in [1.29, 1.82) is 0 Å². The van der Waals surface area contributed by atoms with Crippen LogP contribution in [0, 0.1) is 29.6 Å². The molecule has 0 aromatic carbocycles. The van der Waals surface area contributed by atoms with Crippen LogP contribution in [-0.4, -0.2) is 36.3 Å². The first-order valence-electron chi connectivity index (χ1n) is 10.3. The number of hydrogen-bond acceptors (Lipinski definition) is 2. The fraction of sp³-hybridized carbons (Fsp3) is 0.900. The van der Waals surface area contributed by atoms with Crippen LogP contribution in [-0.2, 0) is 9.59 Å². The second kappa shape index (κ2) is 7.05. The Morgan fingerprint density at radius 2 is 1.71 bits per heavy atom. The van der Waals surface area contributed by atoms with Crippen LogP contribution in [0.2, 0.25) is 0 Å². The van der Waals surface area contributed by atoms with Gasteiger partial charge >= 0.3 is 0 Å². The first kappa shape index (κ1) is 16.4. The molecule has 2 amide bonds. The van der Waals surface area contributed by atoms with E-state index in [2.05, 4.69) is 5.32 Å². The minimum Gasteiger partial charge on any atom is -0.356 e. The van der Waals surface area contributed by atoms with Gasteiger partial charge in [0.05, 0.1) is 0 Å². The van der Waals surface area contributed by atoms with E-state index in [9.17, 15) is 9.59 Å². The molecule has 0 radical (unpaired) electrons. The summed E-state index contributed by atoms with van der Waals surface area (Å²) >= 11 is 0. The lowest BCUT2D eigenvalue weighted by Gasteiger charge is -2.53. The number of likely N-dealkylation sites (tertiary alicyclic amines) is 1. The average Bonchev–Trinajstić information content (AvgIpc) is 2.75. The Hall–Kier alpha value is -1.06. The molecule has 5 rings (SSSR count). The van der Waals surface area contributed by atoms with Crippen LogP contribution in [0.1, 0.15) is 64.2 Å². The summed E-state index contributed by atoms with van der Waals surface area (Å²) in [6, 6.07) is 0. The largest absolute Gasteiger partial charge is 0.356 e. The molecule has 4 heteroatoms. The second-order valence-corrected chi connectivity index (χ2v) is 8.79. The SMILES string of the molecule is O=C(NCCCN1CCCCCC1=O)C1C2CC3CC(C2)CC1C3. The topological polar surface area (TPSA) is 49.4 Å². The number of amides is 2. The molecule has 5 aliphatic rings. The van der Waals surface area contributed by atoms with Gasteiger partial charge in [0.2, 0.25) is 11.8 Å². The Kier molecular flexibility index (Phi) is 4.82. The van der Waals surface area contributed by atoms with Crippen LogP contribution in [0.3, 0.4) is 0 Å². The van der Waals surface area contributed by atoms with Crippen LogP contribution in [0.15, 0.2) is 0 Å². The van der Waals surface area contributed by atoms with Crippen molar-refractivity contribution in [3.63, 3.8) is 0 Å². The Morgan fingerprint density at radius 1 is 1.00 bits per heavy atom. The van der Waals surface area contributed by atoms with Crippen molar-refractivity contribution in [1.82, 2.24) is 10.2 Å². The number of nitrogens with one attached hydrogen (secondary N) is 1. The molecule has 1 aliphatic heterocycles. The van der Waals surface area contributed by atoms with E-state index in [0.29, 0.717) is 30.1 Å². The van der Waals surface area contributed by atoms with Crippen molar-refractivity contribution in [3.8, 4) is 0 Å². The summed E-state index contributed by atoms with van der Waals surface area (Å²) < 4.78 is 0. The van der Waals surface area contributed by atoms with Crippen molar-refractivity contribution in [3.05, 3.63) is 0 Å². The fourth-order valence-electron chi connectivity index (χ4n) is 6.23. The van der Waals surface area contributed by atoms with E-state index in [1.165, 1.54) is 38.5 Å². The van der Waals surface area contributed by atoms with Crippen LogP contribution in [0.4, 0.5) is 0 Å². The Balaban J connectivity index is 1.22. The minimum atomic E-state index is 0.289. The molecular formula is C20H32N2O2. The van der Waals surface area contributed by atoms with Crippen LogP contribution in [0.25, 0.3) is 0 Å². The zero-order valence-electron chi connectivity index (χ0n) is 14.8. The highest BCUT2D eigenvalue weighted by Crippen LogP contribution is 2.56. The van der Waals surface area contributed by atoms with Crippen LogP contribution >= 0.6 is 0 Å². The molecule has 1 saturated heterocycles. The third kappa shape index (κ3) is 3.34. The number of rotatable bonds is 5. The molecule has 4 nitrogen and oxygen atoms in total. The Morgan fingerprint density at radius 3 is 2.42 bits per heavy atom. The first-order valence-corrected chi connectivity index (χ1v) is 10.3. The summed E-state index contributed by atoms with van der Waals surface area (Å²) in [5, 5.41) is 3.20. The van der Waals surface area contributed by atoms with Gasteiger partial charge in [0.25, 0.3) is 0 Å². The van der Waals surface area contributed by atoms with Crippen LogP contribution < -0.4 is 5.32 Å². The summed E-state index contributed by atoms with van der Waals surface area (Å²) in [5.41, 5.74) is 0. The lowest BCUT2D eigenvalue weighted by molar-refractivity contribution is -0.138. The van der Waals surface area contributed by atoms with Gasteiger partial charge in [-0.3, -0.25) is 9.59 Å². The molecule has 0 aromatic heterocycles. The van der Waals surface area contributed by atoms with Gasteiger partial charge in [0.1, 0.15) is 0 Å². The average molecular weight is 332 g/mol. The van der Waals surface area contributed by atoms with Crippen LogP contribution in [0.5, 0.6) is 0 Å². The monoisotopic (exact) mass is 332 g/mol. The predicted molar refractivity (Wildman–Crippen MR) is 93.2 cm³/mol. The number of nitrogens with zero attached hydrogens (tertiary/aromatic N) is 1. The van der Waals surface area contributed by atoms with E-state index in [1.54, 1.807) is 0 Å². The van der Waals surface area contributed by atoms with Gasteiger partial charge in [-0.1, -0.05) is 6.42 Å². The summed E-state index contributed by atoms with van der Waals surface area (Å²) in [6.07, 6.45) is 11.6. The van der Waals surface area contributed by atoms with Crippen molar-refractivity contribution in [2.45, 2.75) is 64.2 Å². The standard InChI is InChI=1S/C20H32N2O2/c23-18-5-2-1-3-7-22(18)8-4-6-21-20(24)19-16-10-14-9-15(12-16)13-17(19)11-14/h14-17,19H,1-13H2,(H,21,24). The maximum atomic E-state index is 12.7. The van der Waals surface area contributed by atoms with Gasteiger partial charge in [-0.2, -0.15) is 0 Å². The highest BCUT2D eigenvalue weighted by molar-refractivity contribution is 5.79. The lowest BCUT2D eigenvalue weighted by Crippen LogP contribution is -2.51. The zero-order chi connectivity index (χ0) is 16.5. The zero-order valence-corrected chi connectivity index (χ0v) is 14.8. The molecule has 5 fully saturated rings. The van der Waals surface area contributed by atoms with Gasteiger partial charge in [-0.05, 0) is 75.0 Å². The second-order valence-electron chi connectivity index (χ2n) is 8.79. The molecule has 0 atom stereocenters. The van der Waals surface area contributed by atoms with Crippen molar-refractivity contribution < 1.29 is 9.59 Å². The molecule has 4 saturated carbocycles. The molecular weight excluding hydrogens is 300 g/mol. The maximum Gasteiger partial charge on any atom is 0.223 e. The number of carbonyl (C=O) groups is 2. The lowest BCUT2D eigenvalue weighted by atomic mass is 9.51. The summed E-state index contributed by atoms with van der Waals surface area (Å²) in [7, 11) is 0. The molecule has 0 aromatic rings. The Labute approximate surface area is 145 Å². The van der Waals surface area contributed by atoms with E-state index < -0.39 is 0 Å². The molecule has 24 heavy (non-hydrogen) atoms. The van der Waals surface area contributed by atoms with Crippen molar-refractivity contribution in [2.75, 3.05) is 19.6 Å². The summed E-state index contributed by atoms with van der Waals surface area (Å²) in [4.78, 5) is 26.7.